The molecule has 4 nitrogen and oxygen atoms in total. The minimum Gasteiger partial charge on any atom is -0.362 e. The molecule has 0 bridgehead atoms. The fourth-order valence-electron chi connectivity index (χ4n) is 2.43. The van der Waals surface area contributed by atoms with E-state index in [2.05, 4.69) is 48.4 Å². The molecule has 19 heavy (non-hydrogen) atoms. The summed E-state index contributed by atoms with van der Waals surface area (Å²) in [6, 6.07) is 0. The molecule has 2 heterocycles. The van der Waals surface area contributed by atoms with Crippen molar-refractivity contribution in [2.24, 2.45) is 11.7 Å². The highest BCUT2D eigenvalue weighted by Gasteiger charge is 2.25. The molecule has 2 aromatic rings. The van der Waals surface area contributed by atoms with Crippen molar-refractivity contribution < 1.29 is 0 Å². The highest BCUT2D eigenvalue weighted by molar-refractivity contribution is 7.18. The Labute approximate surface area is 118 Å². The summed E-state index contributed by atoms with van der Waals surface area (Å²) < 4.78 is 1.11. The van der Waals surface area contributed by atoms with Crippen molar-refractivity contribution in [1.82, 2.24) is 9.97 Å². The number of hydrogen-bond donors (Lipinski definition) is 2. The zero-order chi connectivity index (χ0) is 14.0. The maximum Gasteiger partial charge on any atom is 0.147 e. The predicted molar refractivity (Wildman–Crippen MR) is 82.7 cm³/mol. The van der Waals surface area contributed by atoms with Gasteiger partial charge in [0.05, 0.1) is 10.2 Å². The van der Waals surface area contributed by atoms with E-state index in [1.54, 1.807) is 17.7 Å². The van der Waals surface area contributed by atoms with Crippen LogP contribution in [0.5, 0.6) is 0 Å². The second kappa shape index (κ2) is 5.43. The topological polar surface area (TPSA) is 63.8 Å². The Morgan fingerprint density at radius 2 is 2.16 bits per heavy atom. The normalized spacial score (nSPS) is 14.8. The van der Waals surface area contributed by atoms with Crippen molar-refractivity contribution >= 4 is 27.4 Å². The van der Waals surface area contributed by atoms with E-state index in [0.29, 0.717) is 12.5 Å². The van der Waals surface area contributed by atoms with E-state index in [0.717, 1.165) is 22.5 Å². The van der Waals surface area contributed by atoms with E-state index in [4.69, 9.17) is 5.73 Å². The summed E-state index contributed by atoms with van der Waals surface area (Å²) in [6.07, 6.45) is 2.63. The molecule has 1 atom stereocenters. The number of thiophene rings is 1. The Morgan fingerprint density at radius 3 is 2.79 bits per heavy atom. The number of fused-ring (bicyclic) bond motifs is 1. The lowest BCUT2D eigenvalue weighted by molar-refractivity contribution is 0.406. The van der Waals surface area contributed by atoms with Crippen molar-refractivity contribution in [3.8, 4) is 0 Å². The molecule has 0 aliphatic heterocycles. The van der Waals surface area contributed by atoms with Gasteiger partial charge in [0.25, 0.3) is 0 Å². The van der Waals surface area contributed by atoms with Crippen LogP contribution in [-0.4, -0.2) is 22.1 Å². The van der Waals surface area contributed by atoms with Gasteiger partial charge < -0.3 is 11.1 Å². The van der Waals surface area contributed by atoms with Crippen LogP contribution < -0.4 is 11.1 Å². The van der Waals surface area contributed by atoms with E-state index in [-0.39, 0.29) is 5.54 Å². The van der Waals surface area contributed by atoms with Crippen LogP contribution >= 0.6 is 11.3 Å². The van der Waals surface area contributed by atoms with Crippen LogP contribution in [0, 0.1) is 12.8 Å². The Balaban J connectivity index is 2.34. The van der Waals surface area contributed by atoms with Gasteiger partial charge in [0.2, 0.25) is 0 Å². The van der Waals surface area contributed by atoms with Crippen LogP contribution in [0.1, 0.15) is 32.8 Å². The van der Waals surface area contributed by atoms with E-state index >= 15 is 0 Å². The fourth-order valence-corrected chi connectivity index (χ4v) is 3.38. The summed E-state index contributed by atoms with van der Waals surface area (Å²) in [7, 11) is 0. The molecular formula is C14H22N4S. The molecular weight excluding hydrogens is 256 g/mol. The first-order valence-corrected chi connectivity index (χ1v) is 7.50. The second-order valence-corrected chi connectivity index (χ2v) is 6.69. The molecule has 0 amide bonds. The molecule has 0 saturated carbocycles. The minimum atomic E-state index is -0.132. The molecule has 0 radical (unpaired) electrons. The van der Waals surface area contributed by atoms with E-state index in [9.17, 15) is 0 Å². The van der Waals surface area contributed by atoms with Gasteiger partial charge in [0, 0.05) is 12.1 Å². The minimum absolute atomic E-state index is 0.132. The van der Waals surface area contributed by atoms with Crippen molar-refractivity contribution in [1.29, 1.82) is 0 Å². The zero-order valence-electron chi connectivity index (χ0n) is 12.0. The van der Waals surface area contributed by atoms with Gasteiger partial charge in [-0.15, -0.1) is 11.3 Å². The fraction of sp³-hybridized carbons (Fsp3) is 0.571. The van der Waals surface area contributed by atoms with Crippen LogP contribution in [-0.2, 0) is 0 Å². The van der Waals surface area contributed by atoms with Crippen molar-refractivity contribution in [3.05, 3.63) is 17.3 Å². The highest BCUT2D eigenvalue weighted by Crippen LogP contribution is 2.31. The molecule has 0 aromatic carbocycles. The smallest absolute Gasteiger partial charge is 0.147 e. The zero-order valence-corrected chi connectivity index (χ0v) is 12.8. The van der Waals surface area contributed by atoms with Gasteiger partial charge in [-0.3, -0.25) is 0 Å². The predicted octanol–water partition coefficient (Wildman–Crippen LogP) is 3.18. The maximum atomic E-state index is 5.95. The summed E-state index contributed by atoms with van der Waals surface area (Å²) in [6.45, 7) is 9.23. The van der Waals surface area contributed by atoms with Crippen molar-refractivity contribution in [3.63, 3.8) is 0 Å². The highest BCUT2D eigenvalue weighted by atomic mass is 32.1. The largest absolute Gasteiger partial charge is 0.362 e. The van der Waals surface area contributed by atoms with E-state index < -0.39 is 0 Å². The van der Waals surface area contributed by atoms with Crippen LogP contribution in [0.2, 0.25) is 0 Å². The lowest BCUT2D eigenvalue weighted by Crippen LogP contribution is -2.43. The van der Waals surface area contributed by atoms with Crippen LogP contribution in [0.25, 0.3) is 10.2 Å². The third kappa shape index (κ3) is 3.04. The van der Waals surface area contributed by atoms with Gasteiger partial charge in [-0.2, -0.15) is 0 Å². The first kappa shape index (κ1) is 14.2. The maximum absolute atomic E-state index is 5.95. The summed E-state index contributed by atoms with van der Waals surface area (Å²) in [5.74, 6) is 1.49. The van der Waals surface area contributed by atoms with Crippen LogP contribution in [0.4, 0.5) is 5.82 Å². The molecule has 2 aromatic heterocycles. The summed E-state index contributed by atoms with van der Waals surface area (Å²) in [5, 5.41) is 5.64. The Morgan fingerprint density at radius 1 is 1.42 bits per heavy atom. The van der Waals surface area contributed by atoms with Gasteiger partial charge in [0.15, 0.2) is 0 Å². The Kier molecular flexibility index (Phi) is 4.06. The number of nitrogens with two attached hydrogens (primary N) is 1. The number of hydrogen-bond acceptors (Lipinski definition) is 5. The number of aromatic nitrogens is 2. The average molecular weight is 278 g/mol. The second-order valence-electron chi connectivity index (χ2n) is 5.81. The summed E-state index contributed by atoms with van der Waals surface area (Å²) in [4.78, 5) is 8.74. The first-order chi connectivity index (χ1) is 8.95. The van der Waals surface area contributed by atoms with E-state index in [1.807, 2.05) is 0 Å². The third-order valence-electron chi connectivity index (χ3n) is 3.26. The van der Waals surface area contributed by atoms with Crippen molar-refractivity contribution in [2.75, 3.05) is 11.9 Å². The molecule has 2 rings (SSSR count). The summed E-state index contributed by atoms with van der Waals surface area (Å²) in [5.41, 5.74) is 8.05. The average Bonchev–Trinajstić information content (AvgIpc) is 2.72. The SMILES string of the molecule is Cc1csc2c(NC(C)(CN)CC(C)C)ncnc12. The molecule has 1 unspecified atom stereocenters. The van der Waals surface area contributed by atoms with Gasteiger partial charge in [0.1, 0.15) is 12.1 Å². The molecule has 5 heteroatoms. The van der Waals surface area contributed by atoms with Gasteiger partial charge in [-0.1, -0.05) is 13.8 Å². The Hall–Kier alpha value is -1.20. The lowest BCUT2D eigenvalue weighted by atomic mass is 9.91. The molecule has 0 aliphatic rings. The molecule has 0 saturated heterocycles. The van der Waals surface area contributed by atoms with Gasteiger partial charge in [-0.25, -0.2) is 9.97 Å². The standard InChI is InChI=1S/C14H22N4S/c1-9(2)5-14(4,7-15)18-13-12-11(16-8-17-13)10(3)6-19-12/h6,8-9H,5,7,15H2,1-4H3,(H,16,17,18). The number of rotatable bonds is 5. The molecule has 0 aliphatic carbocycles. The van der Waals surface area contributed by atoms with Crippen LogP contribution in [0.3, 0.4) is 0 Å². The Bertz CT molecular complexity index is 564. The molecule has 104 valence electrons. The molecule has 3 N–H and O–H groups in total. The van der Waals surface area contributed by atoms with Crippen LogP contribution in [0.15, 0.2) is 11.7 Å². The van der Waals surface area contributed by atoms with Crippen molar-refractivity contribution in [2.45, 2.75) is 39.7 Å². The first-order valence-electron chi connectivity index (χ1n) is 6.62. The van der Waals surface area contributed by atoms with Gasteiger partial charge >= 0.3 is 0 Å². The number of nitrogens with zero attached hydrogens (tertiary/aromatic N) is 2. The molecule has 0 fully saturated rings. The van der Waals surface area contributed by atoms with Gasteiger partial charge in [-0.05, 0) is 37.1 Å². The third-order valence-corrected chi connectivity index (χ3v) is 4.35. The summed E-state index contributed by atoms with van der Waals surface area (Å²) >= 11 is 1.68. The lowest BCUT2D eigenvalue weighted by Gasteiger charge is -2.31. The quantitative estimate of drug-likeness (QED) is 0.881. The monoisotopic (exact) mass is 278 g/mol. The number of nitrogens with one attached hydrogen (secondary N) is 1. The van der Waals surface area contributed by atoms with E-state index in [1.165, 1.54) is 5.56 Å². The number of aryl methyl sites for hydroxylation is 1. The molecule has 0 spiro atoms. The number of anilines is 1.